The lowest BCUT2D eigenvalue weighted by atomic mass is 10.1. The first-order valence-corrected chi connectivity index (χ1v) is 12.2. The quantitative estimate of drug-likeness (QED) is 0.267. The molecule has 0 spiro atoms. The number of ether oxygens (including phenoxy) is 2. The van der Waals surface area contributed by atoms with Gasteiger partial charge in [0, 0.05) is 24.7 Å². The first-order chi connectivity index (χ1) is 15.6. The van der Waals surface area contributed by atoms with Gasteiger partial charge in [0.2, 0.25) is 0 Å². The molecule has 0 aliphatic carbocycles. The van der Waals surface area contributed by atoms with E-state index in [1.165, 1.54) is 57.8 Å². The highest BCUT2D eigenvalue weighted by Crippen LogP contribution is 2.25. The van der Waals surface area contributed by atoms with Crippen LogP contribution in [0, 0.1) is 0 Å². The van der Waals surface area contributed by atoms with Gasteiger partial charge in [-0.3, -0.25) is 4.79 Å². The fourth-order valence-corrected chi connectivity index (χ4v) is 3.66. The van der Waals surface area contributed by atoms with Crippen LogP contribution in [0.25, 0.3) is 0 Å². The summed E-state index contributed by atoms with van der Waals surface area (Å²) in [5.74, 6) is 1.11. The van der Waals surface area contributed by atoms with Crippen molar-refractivity contribution in [3.63, 3.8) is 0 Å². The molecule has 1 heterocycles. The molecule has 0 aliphatic rings. The number of carbonyl (C=O) groups is 1. The lowest BCUT2D eigenvalue weighted by molar-refractivity contribution is -0.671. The Morgan fingerprint density at radius 2 is 1.53 bits per heavy atom. The second-order valence-electron chi connectivity index (χ2n) is 8.45. The van der Waals surface area contributed by atoms with E-state index in [0.717, 1.165) is 17.7 Å². The standard InChI is InChI=1S/C27H40N2O3/c1-4-5-6-7-8-9-10-11-12-13-20-32-24-14-15-25(26(21-24)31-3)27(30)28-22-23-16-18-29(2)19-17-23/h14-19,21H,4-13,20,22H2,1-3H3/p+1. The summed E-state index contributed by atoms with van der Waals surface area (Å²) in [7, 11) is 3.54. The Morgan fingerprint density at radius 3 is 2.16 bits per heavy atom. The molecule has 1 amide bonds. The maximum atomic E-state index is 12.6. The number of amides is 1. The van der Waals surface area contributed by atoms with E-state index in [2.05, 4.69) is 12.2 Å². The zero-order valence-electron chi connectivity index (χ0n) is 20.2. The van der Waals surface area contributed by atoms with Gasteiger partial charge in [0.15, 0.2) is 12.4 Å². The Kier molecular flexibility index (Phi) is 12.3. The molecule has 0 saturated carbocycles. The van der Waals surface area contributed by atoms with E-state index in [0.29, 0.717) is 24.5 Å². The van der Waals surface area contributed by atoms with E-state index in [1.807, 2.05) is 42.2 Å². The van der Waals surface area contributed by atoms with Crippen LogP contribution in [0.5, 0.6) is 11.5 Å². The van der Waals surface area contributed by atoms with E-state index in [1.54, 1.807) is 19.2 Å². The van der Waals surface area contributed by atoms with Gasteiger partial charge >= 0.3 is 0 Å². The van der Waals surface area contributed by atoms with Gasteiger partial charge in [0.25, 0.3) is 5.91 Å². The number of nitrogens with zero attached hydrogens (tertiary/aromatic N) is 1. The van der Waals surface area contributed by atoms with Crippen LogP contribution in [0.3, 0.4) is 0 Å². The highest BCUT2D eigenvalue weighted by atomic mass is 16.5. The summed E-state index contributed by atoms with van der Waals surface area (Å²) in [6.45, 7) is 3.42. The minimum atomic E-state index is -0.156. The zero-order valence-corrected chi connectivity index (χ0v) is 20.2. The fourth-order valence-electron chi connectivity index (χ4n) is 3.66. The van der Waals surface area contributed by atoms with Gasteiger partial charge in [-0.2, -0.15) is 0 Å². The lowest BCUT2D eigenvalue weighted by Gasteiger charge is -2.12. The molecule has 32 heavy (non-hydrogen) atoms. The van der Waals surface area contributed by atoms with Crippen LogP contribution in [0.1, 0.15) is 87.1 Å². The number of nitrogens with one attached hydrogen (secondary N) is 1. The number of benzene rings is 1. The molecule has 5 nitrogen and oxygen atoms in total. The number of hydrogen-bond acceptors (Lipinski definition) is 3. The Hall–Kier alpha value is -2.56. The van der Waals surface area contributed by atoms with Gasteiger partial charge in [-0.1, -0.05) is 64.7 Å². The smallest absolute Gasteiger partial charge is 0.255 e. The molecule has 0 unspecified atom stereocenters. The number of carbonyl (C=O) groups excluding carboxylic acids is 1. The molecule has 2 rings (SSSR count). The highest BCUT2D eigenvalue weighted by Gasteiger charge is 2.13. The molecule has 1 aromatic heterocycles. The highest BCUT2D eigenvalue weighted by molar-refractivity contribution is 5.97. The summed E-state index contributed by atoms with van der Waals surface area (Å²) in [6, 6.07) is 9.39. The zero-order chi connectivity index (χ0) is 23.0. The predicted molar refractivity (Wildman–Crippen MR) is 129 cm³/mol. The molecule has 5 heteroatoms. The maximum absolute atomic E-state index is 12.6. The maximum Gasteiger partial charge on any atom is 0.255 e. The van der Waals surface area contributed by atoms with E-state index >= 15 is 0 Å². The SMILES string of the molecule is CCCCCCCCCCCCOc1ccc(C(=O)NCc2cc[n+](C)cc2)c(OC)c1. The Labute approximate surface area is 194 Å². The third kappa shape index (κ3) is 9.71. The minimum Gasteiger partial charge on any atom is -0.496 e. The van der Waals surface area contributed by atoms with Crippen molar-refractivity contribution in [2.45, 2.75) is 77.7 Å². The second-order valence-corrected chi connectivity index (χ2v) is 8.45. The Morgan fingerprint density at radius 1 is 0.906 bits per heavy atom. The summed E-state index contributed by atoms with van der Waals surface area (Å²) in [6.07, 6.45) is 17.0. The topological polar surface area (TPSA) is 51.4 Å². The Balaban J connectivity index is 1.67. The number of pyridine rings is 1. The summed E-state index contributed by atoms with van der Waals surface area (Å²) >= 11 is 0. The van der Waals surface area contributed by atoms with Crippen molar-refractivity contribution in [2.75, 3.05) is 13.7 Å². The molecule has 0 bridgehead atoms. The summed E-state index contributed by atoms with van der Waals surface area (Å²) in [5, 5.41) is 2.95. The van der Waals surface area contributed by atoms with Crippen molar-refractivity contribution in [2.24, 2.45) is 7.05 Å². The average Bonchev–Trinajstić information content (AvgIpc) is 2.81. The van der Waals surface area contributed by atoms with Crippen LogP contribution in [0.2, 0.25) is 0 Å². The van der Waals surface area contributed by atoms with Gasteiger partial charge in [-0.15, -0.1) is 0 Å². The molecular formula is C27H41N2O3+. The molecule has 1 N–H and O–H groups in total. The van der Waals surface area contributed by atoms with Gasteiger partial charge in [-0.05, 0) is 24.1 Å². The Bertz CT molecular complexity index is 790. The van der Waals surface area contributed by atoms with Crippen molar-refractivity contribution in [3.05, 3.63) is 53.9 Å². The van der Waals surface area contributed by atoms with Crippen LogP contribution in [0.4, 0.5) is 0 Å². The van der Waals surface area contributed by atoms with Crippen molar-refractivity contribution in [3.8, 4) is 11.5 Å². The summed E-state index contributed by atoms with van der Waals surface area (Å²) < 4.78 is 13.3. The van der Waals surface area contributed by atoms with Gasteiger partial charge in [0.1, 0.15) is 18.5 Å². The van der Waals surface area contributed by atoms with Crippen molar-refractivity contribution < 1.29 is 18.8 Å². The summed E-state index contributed by atoms with van der Waals surface area (Å²) in [5.41, 5.74) is 1.56. The number of hydrogen-bond donors (Lipinski definition) is 1. The van der Waals surface area contributed by atoms with Crippen LogP contribution in [0.15, 0.2) is 42.7 Å². The van der Waals surface area contributed by atoms with E-state index in [9.17, 15) is 4.79 Å². The number of rotatable bonds is 16. The first kappa shape index (κ1) is 25.7. The largest absolute Gasteiger partial charge is 0.496 e. The number of aromatic nitrogens is 1. The normalized spacial score (nSPS) is 10.7. The number of aryl methyl sites for hydroxylation is 1. The second kappa shape index (κ2) is 15.3. The summed E-state index contributed by atoms with van der Waals surface area (Å²) in [4.78, 5) is 12.6. The molecule has 176 valence electrons. The van der Waals surface area contributed by atoms with E-state index < -0.39 is 0 Å². The van der Waals surface area contributed by atoms with Gasteiger partial charge in [-0.25, -0.2) is 4.57 Å². The van der Waals surface area contributed by atoms with Crippen LogP contribution >= 0.6 is 0 Å². The van der Waals surface area contributed by atoms with Crippen LogP contribution in [-0.4, -0.2) is 19.6 Å². The van der Waals surface area contributed by atoms with Crippen LogP contribution < -0.4 is 19.4 Å². The fraction of sp³-hybridized carbons (Fsp3) is 0.556. The minimum absolute atomic E-state index is 0.156. The molecule has 1 aromatic carbocycles. The molecule has 0 saturated heterocycles. The molecule has 0 radical (unpaired) electrons. The lowest BCUT2D eigenvalue weighted by Crippen LogP contribution is -2.27. The molecular weight excluding hydrogens is 400 g/mol. The van der Waals surface area contributed by atoms with E-state index in [4.69, 9.17) is 9.47 Å². The molecule has 0 atom stereocenters. The van der Waals surface area contributed by atoms with Crippen molar-refractivity contribution in [1.82, 2.24) is 5.32 Å². The monoisotopic (exact) mass is 441 g/mol. The van der Waals surface area contributed by atoms with E-state index in [-0.39, 0.29) is 5.91 Å². The number of methoxy groups -OCH3 is 1. The van der Waals surface area contributed by atoms with Crippen molar-refractivity contribution >= 4 is 5.91 Å². The molecule has 0 aliphatic heterocycles. The third-order valence-electron chi connectivity index (χ3n) is 5.68. The van der Waals surface area contributed by atoms with Gasteiger partial charge in [0.05, 0.1) is 19.3 Å². The third-order valence-corrected chi connectivity index (χ3v) is 5.68. The predicted octanol–water partition coefficient (Wildman–Crippen LogP) is 5.75. The van der Waals surface area contributed by atoms with Crippen molar-refractivity contribution in [1.29, 1.82) is 0 Å². The first-order valence-electron chi connectivity index (χ1n) is 12.2. The van der Waals surface area contributed by atoms with Gasteiger partial charge < -0.3 is 14.8 Å². The average molecular weight is 442 g/mol. The van der Waals surface area contributed by atoms with Crippen LogP contribution in [-0.2, 0) is 13.6 Å². The molecule has 2 aromatic rings. The number of unbranched alkanes of at least 4 members (excludes halogenated alkanes) is 9. The molecule has 0 fully saturated rings.